The summed E-state index contributed by atoms with van der Waals surface area (Å²) in [6, 6.07) is 4.99. The van der Waals surface area contributed by atoms with Crippen molar-refractivity contribution in [2.24, 2.45) is 0 Å². The minimum atomic E-state index is -0.185. The number of rotatable bonds is 6. The number of nitrogens with zero attached hydrogens (tertiary/aromatic N) is 1. The Balaban J connectivity index is 3.08. The van der Waals surface area contributed by atoms with Crippen LogP contribution in [0.25, 0.3) is 0 Å². The number of ether oxygens (including phenoxy) is 1. The molecule has 0 aliphatic carbocycles. The normalized spacial score (nSPS) is 10.6. The zero-order valence-corrected chi connectivity index (χ0v) is 12.3. The lowest BCUT2D eigenvalue weighted by Crippen LogP contribution is -2.33. The van der Waals surface area contributed by atoms with Gasteiger partial charge in [0.15, 0.2) is 0 Å². The Kier molecular flexibility index (Phi) is 6.12. The highest BCUT2D eigenvalue weighted by Crippen LogP contribution is 2.25. The molecule has 0 aliphatic rings. The van der Waals surface area contributed by atoms with Crippen molar-refractivity contribution in [2.45, 2.75) is 26.9 Å². The molecule has 5 heteroatoms. The van der Waals surface area contributed by atoms with Crippen molar-refractivity contribution in [2.75, 3.05) is 19.7 Å². The van der Waals surface area contributed by atoms with Gasteiger partial charge in [-0.3, -0.25) is 4.79 Å². The average Bonchev–Trinajstić information content (AvgIpc) is 2.36. The van der Waals surface area contributed by atoms with E-state index in [-0.39, 0.29) is 18.6 Å². The molecule has 0 bridgehead atoms. The van der Waals surface area contributed by atoms with Crippen molar-refractivity contribution in [1.29, 1.82) is 0 Å². The first-order chi connectivity index (χ1) is 8.99. The molecular formula is C14H20ClNO3. The van der Waals surface area contributed by atoms with Crippen LogP contribution in [0.4, 0.5) is 0 Å². The molecule has 0 radical (unpaired) electrons. The summed E-state index contributed by atoms with van der Waals surface area (Å²) in [7, 11) is 0. The first-order valence-corrected chi connectivity index (χ1v) is 6.73. The van der Waals surface area contributed by atoms with Crippen molar-refractivity contribution in [3.63, 3.8) is 0 Å². The maximum atomic E-state index is 12.4. The SMILES string of the molecule is CCN(CCO)C(=O)c1cc(Cl)ccc1OC(C)C. The van der Waals surface area contributed by atoms with Crippen LogP contribution in [0.15, 0.2) is 18.2 Å². The van der Waals surface area contributed by atoms with Crippen LogP contribution >= 0.6 is 11.6 Å². The van der Waals surface area contributed by atoms with E-state index in [1.807, 2.05) is 20.8 Å². The lowest BCUT2D eigenvalue weighted by atomic mass is 10.1. The highest BCUT2D eigenvalue weighted by atomic mass is 35.5. The van der Waals surface area contributed by atoms with Crippen LogP contribution < -0.4 is 4.74 Å². The smallest absolute Gasteiger partial charge is 0.257 e. The van der Waals surface area contributed by atoms with E-state index in [4.69, 9.17) is 21.4 Å². The number of aliphatic hydroxyl groups excluding tert-OH is 1. The zero-order chi connectivity index (χ0) is 14.4. The second-order valence-electron chi connectivity index (χ2n) is 4.42. The van der Waals surface area contributed by atoms with Crippen molar-refractivity contribution < 1.29 is 14.6 Å². The fourth-order valence-electron chi connectivity index (χ4n) is 1.72. The Morgan fingerprint density at radius 2 is 2.16 bits per heavy atom. The summed E-state index contributed by atoms with van der Waals surface area (Å²) in [6.45, 7) is 6.40. The molecule has 0 unspecified atom stereocenters. The molecule has 19 heavy (non-hydrogen) atoms. The van der Waals surface area contributed by atoms with Gasteiger partial charge in [0, 0.05) is 18.1 Å². The minimum Gasteiger partial charge on any atom is -0.490 e. The predicted molar refractivity (Wildman–Crippen MR) is 75.9 cm³/mol. The maximum absolute atomic E-state index is 12.4. The molecule has 0 fully saturated rings. The predicted octanol–water partition coefficient (Wildman–Crippen LogP) is 2.58. The summed E-state index contributed by atoms with van der Waals surface area (Å²) < 4.78 is 5.63. The molecule has 0 saturated heterocycles. The van der Waals surface area contributed by atoms with E-state index in [9.17, 15) is 4.79 Å². The first-order valence-electron chi connectivity index (χ1n) is 6.36. The number of likely N-dealkylation sites (N-methyl/N-ethyl adjacent to an activating group) is 1. The van der Waals surface area contributed by atoms with Crippen LogP contribution in [0, 0.1) is 0 Å². The lowest BCUT2D eigenvalue weighted by Gasteiger charge is -2.22. The van der Waals surface area contributed by atoms with Crippen LogP contribution in [-0.2, 0) is 0 Å². The van der Waals surface area contributed by atoms with Crippen molar-refractivity contribution in [1.82, 2.24) is 4.90 Å². The number of benzene rings is 1. The van der Waals surface area contributed by atoms with E-state index in [1.54, 1.807) is 23.1 Å². The number of carbonyl (C=O) groups is 1. The minimum absolute atomic E-state index is 0.0272. The molecule has 0 heterocycles. The number of hydrogen-bond acceptors (Lipinski definition) is 3. The van der Waals surface area contributed by atoms with Crippen LogP contribution in [-0.4, -0.2) is 41.7 Å². The zero-order valence-electron chi connectivity index (χ0n) is 11.5. The van der Waals surface area contributed by atoms with Gasteiger partial charge >= 0.3 is 0 Å². The van der Waals surface area contributed by atoms with Crippen LogP contribution in [0.5, 0.6) is 5.75 Å². The van der Waals surface area contributed by atoms with Crippen LogP contribution in [0.1, 0.15) is 31.1 Å². The fourth-order valence-corrected chi connectivity index (χ4v) is 1.89. The molecule has 0 aromatic heterocycles. The maximum Gasteiger partial charge on any atom is 0.257 e. The Labute approximate surface area is 118 Å². The highest BCUT2D eigenvalue weighted by Gasteiger charge is 2.19. The molecule has 1 rings (SSSR count). The third-order valence-electron chi connectivity index (χ3n) is 2.57. The molecular weight excluding hydrogens is 266 g/mol. The van der Waals surface area contributed by atoms with Gasteiger partial charge in [0.05, 0.1) is 18.3 Å². The van der Waals surface area contributed by atoms with E-state index >= 15 is 0 Å². The number of aliphatic hydroxyl groups is 1. The monoisotopic (exact) mass is 285 g/mol. The molecule has 1 aromatic rings. The van der Waals surface area contributed by atoms with Crippen molar-refractivity contribution >= 4 is 17.5 Å². The first kappa shape index (κ1) is 15.8. The van der Waals surface area contributed by atoms with Crippen LogP contribution in [0.3, 0.4) is 0 Å². The molecule has 1 N–H and O–H groups in total. The Morgan fingerprint density at radius 3 is 2.68 bits per heavy atom. The van der Waals surface area contributed by atoms with E-state index in [0.29, 0.717) is 29.4 Å². The standard InChI is InChI=1S/C14H20ClNO3/c1-4-16(7-8-17)14(18)12-9-11(15)5-6-13(12)19-10(2)3/h5-6,9-10,17H,4,7-8H2,1-3H3. The van der Waals surface area contributed by atoms with Gasteiger partial charge in [-0.15, -0.1) is 0 Å². The van der Waals surface area contributed by atoms with Gasteiger partial charge in [-0.1, -0.05) is 11.6 Å². The van der Waals surface area contributed by atoms with Gasteiger partial charge < -0.3 is 14.7 Å². The molecule has 106 valence electrons. The molecule has 4 nitrogen and oxygen atoms in total. The van der Waals surface area contributed by atoms with Crippen LogP contribution in [0.2, 0.25) is 5.02 Å². The molecule has 0 spiro atoms. The van der Waals surface area contributed by atoms with Gasteiger partial charge in [-0.2, -0.15) is 0 Å². The number of hydrogen-bond donors (Lipinski definition) is 1. The lowest BCUT2D eigenvalue weighted by molar-refractivity contribution is 0.0726. The Hall–Kier alpha value is -1.26. The van der Waals surface area contributed by atoms with E-state index in [1.165, 1.54) is 0 Å². The number of halogens is 1. The van der Waals surface area contributed by atoms with Gasteiger partial charge in [0.2, 0.25) is 0 Å². The largest absolute Gasteiger partial charge is 0.490 e. The molecule has 0 aliphatic heterocycles. The van der Waals surface area contributed by atoms with Gasteiger partial charge in [-0.25, -0.2) is 0 Å². The second-order valence-corrected chi connectivity index (χ2v) is 4.85. The highest BCUT2D eigenvalue weighted by molar-refractivity contribution is 6.31. The molecule has 0 atom stereocenters. The van der Waals surface area contributed by atoms with E-state index in [0.717, 1.165) is 0 Å². The summed E-state index contributed by atoms with van der Waals surface area (Å²) in [5.41, 5.74) is 0.427. The second kappa shape index (κ2) is 7.36. The third kappa shape index (κ3) is 4.40. The summed E-state index contributed by atoms with van der Waals surface area (Å²) in [6.07, 6.45) is -0.0272. The summed E-state index contributed by atoms with van der Waals surface area (Å²) in [5, 5.41) is 9.47. The molecule has 1 aromatic carbocycles. The Morgan fingerprint density at radius 1 is 1.47 bits per heavy atom. The quantitative estimate of drug-likeness (QED) is 0.874. The Bertz CT molecular complexity index is 435. The third-order valence-corrected chi connectivity index (χ3v) is 2.81. The van der Waals surface area contributed by atoms with E-state index < -0.39 is 0 Å². The summed E-state index contributed by atoms with van der Waals surface area (Å²) in [4.78, 5) is 14.0. The van der Waals surface area contributed by atoms with E-state index in [2.05, 4.69) is 0 Å². The average molecular weight is 286 g/mol. The number of amides is 1. The number of carbonyl (C=O) groups excluding carboxylic acids is 1. The van der Waals surface area contributed by atoms with Gasteiger partial charge in [0.25, 0.3) is 5.91 Å². The van der Waals surface area contributed by atoms with Gasteiger partial charge in [-0.05, 0) is 39.0 Å². The summed E-state index contributed by atoms with van der Waals surface area (Å²) in [5.74, 6) is 0.329. The summed E-state index contributed by atoms with van der Waals surface area (Å²) >= 11 is 5.95. The van der Waals surface area contributed by atoms with Gasteiger partial charge in [0.1, 0.15) is 5.75 Å². The molecule has 1 amide bonds. The van der Waals surface area contributed by atoms with Crippen molar-refractivity contribution in [3.05, 3.63) is 28.8 Å². The molecule has 0 saturated carbocycles. The fraction of sp³-hybridized carbons (Fsp3) is 0.500. The topological polar surface area (TPSA) is 49.8 Å². The van der Waals surface area contributed by atoms with Crippen molar-refractivity contribution in [3.8, 4) is 5.75 Å².